The van der Waals surface area contributed by atoms with E-state index in [0.717, 1.165) is 20.9 Å². The third kappa shape index (κ3) is 0.893. The van der Waals surface area contributed by atoms with Crippen molar-refractivity contribution in [3.8, 4) is 0 Å². The summed E-state index contributed by atoms with van der Waals surface area (Å²) in [5.74, 6) is 0. The Hall–Kier alpha value is -1.15. The molecule has 0 aliphatic carbocycles. The molecule has 0 atom stereocenters. The van der Waals surface area contributed by atoms with Crippen LogP contribution < -0.4 is 0 Å². The Kier molecular flexibility index (Phi) is 1.03. The van der Waals surface area contributed by atoms with Gasteiger partial charge >= 0.3 is 0 Å². The predicted octanol–water partition coefficient (Wildman–Crippen LogP) is 3.67. The van der Waals surface area contributed by atoms with Gasteiger partial charge in [0.05, 0.1) is 8.43 Å². The first-order valence-electron chi connectivity index (χ1n) is 4.96. The number of aliphatic imine (C=N–C) groups is 1. The molecule has 0 spiro atoms. The van der Waals surface area contributed by atoms with Crippen molar-refractivity contribution in [1.29, 1.82) is 0 Å². The van der Waals surface area contributed by atoms with Gasteiger partial charge in [0, 0.05) is 21.6 Å². The van der Waals surface area contributed by atoms with Crippen LogP contribution in [0.25, 0.3) is 10.8 Å². The summed E-state index contributed by atoms with van der Waals surface area (Å²) < 4.78 is 16.5. The van der Waals surface area contributed by atoms with Crippen LogP contribution in [0.3, 0.4) is 0 Å². The monoisotopic (exact) mass is 233 g/mol. The van der Waals surface area contributed by atoms with E-state index in [2.05, 4.69) is 20.9 Å². The van der Waals surface area contributed by atoms with Crippen molar-refractivity contribution in [2.24, 2.45) is 4.99 Å². The van der Waals surface area contributed by atoms with Gasteiger partial charge in [0.1, 0.15) is 0 Å². The molecule has 2 aromatic carbocycles. The van der Waals surface area contributed by atoms with Crippen LogP contribution in [0.2, 0.25) is 0 Å². The van der Waals surface area contributed by atoms with Crippen LogP contribution in [0.15, 0.2) is 39.8 Å². The molecule has 3 rings (SSSR count). The first-order valence-corrected chi connectivity index (χ1v) is 4.75. The molecule has 0 radical (unpaired) electrons. The van der Waals surface area contributed by atoms with Crippen LogP contribution in [-0.2, 0) is 0 Å². The molecule has 0 aromatic heterocycles. The van der Waals surface area contributed by atoms with Crippen LogP contribution in [0, 0.1) is 0 Å². The molecule has 0 saturated heterocycles. The third-order valence-corrected chi connectivity index (χ3v) is 2.88. The third-order valence-electron chi connectivity index (χ3n) is 2.19. The minimum atomic E-state index is 0.193. The van der Waals surface area contributed by atoms with E-state index in [4.69, 9.17) is 2.74 Å². The molecule has 2 heteroatoms. The molecule has 1 aliphatic heterocycles. The van der Waals surface area contributed by atoms with Gasteiger partial charge in [0.25, 0.3) is 0 Å². The second-order valence-corrected chi connectivity index (χ2v) is 3.79. The van der Waals surface area contributed by atoms with Gasteiger partial charge in [-0.25, -0.2) is 0 Å². The van der Waals surface area contributed by atoms with Crippen molar-refractivity contribution in [3.05, 3.63) is 40.3 Å². The fraction of sp³-hybridized carbons (Fsp3) is 0. The molecule has 0 saturated carbocycles. The maximum absolute atomic E-state index is 7.77. The van der Waals surface area contributed by atoms with Gasteiger partial charge in [0.15, 0.2) is 0 Å². The molecule has 1 aliphatic rings. The van der Waals surface area contributed by atoms with Crippen LogP contribution in [0.1, 0.15) is 8.30 Å². The van der Waals surface area contributed by atoms with Gasteiger partial charge < -0.3 is 0 Å². The van der Waals surface area contributed by atoms with E-state index in [1.165, 1.54) is 0 Å². The maximum atomic E-state index is 7.77. The average Bonchev–Trinajstić information content (AvgIpc) is 2.54. The number of rotatable bonds is 0. The second-order valence-electron chi connectivity index (χ2n) is 2.93. The van der Waals surface area contributed by atoms with E-state index in [1.54, 1.807) is 6.07 Å². The molecular weight excluding hydrogens is 226 g/mol. The molecule has 62 valence electrons. The lowest BCUT2D eigenvalue weighted by Crippen LogP contribution is -1.78. The van der Waals surface area contributed by atoms with Crippen molar-refractivity contribution in [2.75, 3.05) is 0 Å². The van der Waals surface area contributed by atoms with Crippen molar-refractivity contribution in [1.82, 2.24) is 0 Å². The number of hydrogen-bond donors (Lipinski definition) is 0. The largest absolute Gasteiger partial charge is 0.256 e. The Morgan fingerprint density at radius 1 is 1.31 bits per heavy atom. The van der Waals surface area contributed by atoms with Gasteiger partial charge in [-0.1, -0.05) is 34.1 Å². The molecule has 0 unspecified atom stereocenters. The van der Waals surface area contributed by atoms with Gasteiger partial charge in [-0.15, -0.1) is 0 Å². The zero-order valence-electron chi connectivity index (χ0n) is 8.63. The molecule has 2 aromatic rings. The van der Waals surface area contributed by atoms with Crippen molar-refractivity contribution in [3.63, 3.8) is 0 Å². The average molecular weight is 234 g/mol. The molecular formula is C11H6BrN. The lowest BCUT2D eigenvalue weighted by Gasteiger charge is -2.01. The molecule has 1 heterocycles. The van der Waals surface area contributed by atoms with E-state index in [-0.39, 0.29) is 6.19 Å². The van der Waals surface area contributed by atoms with E-state index >= 15 is 0 Å². The SMILES string of the molecule is [2H]C1=Nc2ccc(Br)c3ccc([2H])c1c23. The summed E-state index contributed by atoms with van der Waals surface area (Å²) in [6.45, 7) is 0. The maximum Gasteiger partial charge on any atom is 0.0847 e. The minimum absolute atomic E-state index is 0.193. The first-order chi connectivity index (χ1) is 7.18. The Balaban J connectivity index is 2.60. The zero-order chi connectivity index (χ0) is 10.6. The van der Waals surface area contributed by atoms with Gasteiger partial charge in [-0.2, -0.15) is 0 Å². The Morgan fingerprint density at radius 3 is 3.15 bits per heavy atom. The molecule has 1 nitrogen and oxygen atoms in total. The standard InChI is InChI=1S/C11H6BrN/c12-9-4-5-10-11-7(6-13-10)2-1-3-8(9)11/h1-6H/i2D,6D. The van der Waals surface area contributed by atoms with Gasteiger partial charge in [-0.3, -0.25) is 4.99 Å². The summed E-state index contributed by atoms with van der Waals surface area (Å²) in [5, 5.41) is 1.94. The molecule has 0 N–H and O–H groups in total. The number of halogens is 1. The predicted molar refractivity (Wildman–Crippen MR) is 58.9 cm³/mol. The highest BCUT2D eigenvalue weighted by atomic mass is 79.9. The smallest absolute Gasteiger partial charge is 0.0847 e. The highest BCUT2D eigenvalue weighted by Crippen LogP contribution is 2.36. The fourth-order valence-corrected chi connectivity index (χ4v) is 2.05. The Labute approximate surface area is 87.0 Å². The van der Waals surface area contributed by atoms with E-state index in [1.807, 2.05) is 18.2 Å². The van der Waals surface area contributed by atoms with Crippen molar-refractivity contribution in [2.45, 2.75) is 0 Å². The highest BCUT2D eigenvalue weighted by Gasteiger charge is 2.10. The summed E-state index contributed by atoms with van der Waals surface area (Å²) in [4.78, 5) is 4.14. The molecule has 0 bridgehead atoms. The Bertz CT molecular complexity index is 620. The quantitative estimate of drug-likeness (QED) is 0.659. The second kappa shape index (κ2) is 2.42. The van der Waals surface area contributed by atoms with Gasteiger partial charge in [-0.05, 0) is 17.5 Å². The van der Waals surface area contributed by atoms with Crippen LogP contribution in [0.5, 0.6) is 0 Å². The molecule has 13 heavy (non-hydrogen) atoms. The summed E-state index contributed by atoms with van der Waals surface area (Å²) >= 11 is 3.46. The molecule has 0 amide bonds. The normalized spacial score (nSPS) is 15.6. The summed E-state index contributed by atoms with van der Waals surface area (Å²) in [6.07, 6.45) is 0.193. The zero-order valence-corrected chi connectivity index (χ0v) is 8.22. The molecule has 0 fully saturated rings. The summed E-state index contributed by atoms with van der Waals surface area (Å²) in [5.41, 5.74) is 1.44. The minimum Gasteiger partial charge on any atom is -0.256 e. The fourth-order valence-electron chi connectivity index (χ4n) is 1.59. The topological polar surface area (TPSA) is 12.4 Å². The van der Waals surface area contributed by atoms with Crippen LogP contribution in [-0.4, -0.2) is 6.19 Å². The number of benzene rings is 2. The van der Waals surface area contributed by atoms with Crippen LogP contribution in [0.4, 0.5) is 5.69 Å². The first kappa shape index (κ1) is 5.55. The summed E-state index contributed by atoms with van der Waals surface area (Å²) in [7, 11) is 0. The number of hydrogen-bond acceptors (Lipinski definition) is 1. The van der Waals surface area contributed by atoms with Gasteiger partial charge in [0.2, 0.25) is 0 Å². The van der Waals surface area contributed by atoms with Crippen molar-refractivity contribution >= 4 is 38.6 Å². The summed E-state index contributed by atoms with van der Waals surface area (Å²) in [6, 6.07) is 7.77. The van der Waals surface area contributed by atoms with E-state index < -0.39 is 0 Å². The Morgan fingerprint density at radius 2 is 2.23 bits per heavy atom. The lowest BCUT2D eigenvalue weighted by molar-refractivity contribution is 1.61. The lowest BCUT2D eigenvalue weighted by atomic mass is 10.1. The highest BCUT2D eigenvalue weighted by molar-refractivity contribution is 9.10. The van der Waals surface area contributed by atoms with E-state index in [0.29, 0.717) is 11.6 Å². The van der Waals surface area contributed by atoms with Crippen molar-refractivity contribution < 1.29 is 2.74 Å². The number of nitrogens with zero attached hydrogens (tertiary/aromatic N) is 1. The van der Waals surface area contributed by atoms with E-state index in [9.17, 15) is 0 Å². The van der Waals surface area contributed by atoms with Crippen LogP contribution >= 0.6 is 15.9 Å².